The van der Waals surface area contributed by atoms with Gasteiger partial charge < -0.3 is 36.2 Å². The van der Waals surface area contributed by atoms with Gasteiger partial charge in [-0.25, -0.2) is 0 Å². The van der Waals surface area contributed by atoms with Crippen LogP contribution in [0.25, 0.3) is 0 Å². The minimum Gasteiger partial charge on any atom is -0.507 e. The van der Waals surface area contributed by atoms with E-state index in [0.717, 1.165) is 18.4 Å². The molecule has 7 N–H and O–H groups in total. The number of unbranched alkanes of at least 4 members (excludes halogenated alkanes) is 4. The molecule has 0 fully saturated rings. The smallest absolute Gasteiger partial charge is 0.164 e. The number of benzene rings is 1. The normalized spacial score (nSPS) is 11.7. The van der Waals surface area contributed by atoms with Crippen molar-refractivity contribution in [3.8, 4) is 5.75 Å². The van der Waals surface area contributed by atoms with Crippen molar-refractivity contribution in [2.75, 3.05) is 13.1 Å². The maximum atomic E-state index is 10.5. The number of phenols is 1. The van der Waals surface area contributed by atoms with E-state index in [1.54, 1.807) is 0 Å². The molecule has 7 heteroatoms. The van der Waals surface area contributed by atoms with E-state index in [0.29, 0.717) is 24.2 Å². The first-order valence-corrected chi connectivity index (χ1v) is 9.41. The van der Waals surface area contributed by atoms with Gasteiger partial charge in [0.1, 0.15) is 5.75 Å². The molecular weight excluding hydrogens is 336 g/mol. The van der Waals surface area contributed by atoms with Crippen LogP contribution in [0.15, 0.2) is 12.1 Å². The van der Waals surface area contributed by atoms with Crippen molar-refractivity contribution < 1.29 is 25.5 Å². The predicted molar refractivity (Wildman–Crippen MR) is 100 cm³/mol. The van der Waals surface area contributed by atoms with E-state index in [1.165, 1.54) is 25.7 Å². The standard InChI is InChI=1S/C19H34N2O5/c1-2-3-4-5-6-7-14-8-15(10-20-12-17(22)23)19(26)16(9-14)11-21-13-18(24)25/h8-9,17-18,20-26H,2-7,10-13H2,1H3. The average molecular weight is 370 g/mol. The third kappa shape index (κ3) is 9.47. The van der Waals surface area contributed by atoms with Gasteiger partial charge in [0.05, 0.1) is 0 Å². The van der Waals surface area contributed by atoms with Crippen LogP contribution in [0.5, 0.6) is 5.75 Å². The number of hydrogen-bond acceptors (Lipinski definition) is 7. The van der Waals surface area contributed by atoms with Crippen molar-refractivity contribution in [3.05, 3.63) is 28.8 Å². The Balaban J connectivity index is 2.75. The fraction of sp³-hybridized carbons (Fsp3) is 0.684. The van der Waals surface area contributed by atoms with Gasteiger partial charge in [-0.1, -0.05) is 44.7 Å². The van der Waals surface area contributed by atoms with Crippen LogP contribution in [0.2, 0.25) is 0 Å². The zero-order valence-electron chi connectivity index (χ0n) is 15.6. The van der Waals surface area contributed by atoms with Gasteiger partial charge in [-0.2, -0.15) is 0 Å². The second-order valence-electron chi connectivity index (χ2n) is 6.65. The van der Waals surface area contributed by atoms with Crippen LogP contribution < -0.4 is 10.6 Å². The minimum absolute atomic E-state index is 0.0188. The van der Waals surface area contributed by atoms with Gasteiger partial charge in [0.15, 0.2) is 12.6 Å². The molecular formula is C19H34N2O5. The lowest BCUT2D eigenvalue weighted by Gasteiger charge is -2.15. The summed E-state index contributed by atoms with van der Waals surface area (Å²) >= 11 is 0. The highest BCUT2D eigenvalue weighted by molar-refractivity contribution is 5.44. The summed E-state index contributed by atoms with van der Waals surface area (Å²) in [5.41, 5.74) is 2.50. The summed E-state index contributed by atoms with van der Waals surface area (Å²) in [7, 11) is 0. The molecule has 0 heterocycles. The van der Waals surface area contributed by atoms with Crippen molar-refractivity contribution in [2.45, 2.75) is 71.1 Å². The maximum absolute atomic E-state index is 10.5. The van der Waals surface area contributed by atoms with Gasteiger partial charge in [-0.15, -0.1) is 0 Å². The summed E-state index contributed by atoms with van der Waals surface area (Å²) in [6.07, 6.45) is 3.95. The minimum atomic E-state index is -1.44. The summed E-state index contributed by atoms with van der Waals surface area (Å²) in [6.45, 7) is 2.87. The highest BCUT2D eigenvalue weighted by Crippen LogP contribution is 2.26. The Kier molecular flexibility index (Phi) is 11.4. The molecule has 7 nitrogen and oxygen atoms in total. The zero-order valence-corrected chi connectivity index (χ0v) is 15.6. The van der Waals surface area contributed by atoms with Crippen LogP contribution >= 0.6 is 0 Å². The lowest BCUT2D eigenvalue weighted by molar-refractivity contribution is -0.0379. The fourth-order valence-electron chi connectivity index (χ4n) is 2.85. The number of phenolic OH excluding ortho intramolecular Hbond substituents is 1. The molecule has 1 aromatic rings. The molecule has 0 aliphatic heterocycles. The monoisotopic (exact) mass is 370 g/mol. The molecule has 0 saturated heterocycles. The number of nitrogens with one attached hydrogen (secondary N) is 2. The van der Waals surface area contributed by atoms with Gasteiger partial charge in [-0.3, -0.25) is 0 Å². The Morgan fingerprint density at radius 3 is 1.77 bits per heavy atom. The fourth-order valence-corrected chi connectivity index (χ4v) is 2.85. The van der Waals surface area contributed by atoms with E-state index in [4.69, 9.17) is 20.4 Å². The summed E-state index contributed by atoms with van der Waals surface area (Å²) in [5, 5.41) is 52.0. The van der Waals surface area contributed by atoms with E-state index in [-0.39, 0.29) is 18.8 Å². The Morgan fingerprint density at radius 2 is 1.31 bits per heavy atom. The van der Waals surface area contributed by atoms with E-state index in [2.05, 4.69) is 17.6 Å². The van der Waals surface area contributed by atoms with Gasteiger partial charge >= 0.3 is 0 Å². The molecule has 26 heavy (non-hydrogen) atoms. The third-order valence-electron chi connectivity index (χ3n) is 4.18. The lowest BCUT2D eigenvalue weighted by atomic mass is 9.99. The second-order valence-corrected chi connectivity index (χ2v) is 6.65. The van der Waals surface area contributed by atoms with Crippen molar-refractivity contribution >= 4 is 0 Å². The zero-order chi connectivity index (χ0) is 19.4. The quantitative estimate of drug-likeness (QED) is 0.190. The average Bonchev–Trinajstić information content (AvgIpc) is 2.57. The van der Waals surface area contributed by atoms with Crippen LogP contribution in [-0.2, 0) is 19.5 Å². The largest absolute Gasteiger partial charge is 0.507 e. The van der Waals surface area contributed by atoms with Crippen LogP contribution in [0.4, 0.5) is 0 Å². The van der Waals surface area contributed by atoms with Gasteiger partial charge in [0.2, 0.25) is 0 Å². The Hall–Kier alpha value is -1.22. The molecule has 150 valence electrons. The Bertz CT molecular complexity index is 474. The Morgan fingerprint density at radius 1 is 0.808 bits per heavy atom. The first-order valence-electron chi connectivity index (χ1n) is 9.41. The highest BCUT2D eigenvalue weighted by Gasteiger charge is 2.11. The molecule has 0 saturated carbocycles. The molecule has 0 bridgehead atoms. The molecule has 0 unspecified atom stereocenters. The van der Waals surface area contributed by atoms with E-state index in [9.17, 15) is 5.11 Å². The third-order valence-corrected chi connectivity index (χ3v) is 4.18. The first-order chi connectivity index (χ1) is 12.4. The maximum Gasteiger partial charge on any atom is 0.164 e. The van der Waals surface area contributed by atoms with Gasteiger partial charge in [0, 0.05) is 37.3 Å². The molecule has 1 aromatic carbocycles. The molecule has 0 amide bonds. The molecule has 0 aromatic heterocycles. The van der Waals surface area contributed by atoms with Crippen LogP contribution in [0.1, 0.15) is 55.7 Å². The summed E-state index contributed by atoms with van der Waals surface area (Å²) in [6, 6.07) is 3.88. The number of aryl methyl sites for hydroxylation is 1. The summed E-state index contributed by atoms with van der Waals surface area (Å²) in [5.74, 6) is 0.139. The van der Waals surface area contributed by atoms with Crippen molar-refractivity contribution in [1.29, 1.82) is 0 Å². The van der Waals surface area contributed by atoms with E-state index >= 15 is 0 Å². The Labute approximate surface area is 155 Å². The van der Waals surface area contributed by atoms with Crippen LogP contribution in [0, 0.1) is 0 Å². The molecule has 0 aliphatic carbocycles. The lowest BCUT2D eigenvalue weighted by Crippen LogP contribution is -2.27. The van der Waals surface area contributed by atoms with Gasteiger partial charge in [0.25, 0.3) is 0 Å². The number of aromatic hydroxyl groups is 1. The molecule has 0 atom stereocenters. The SMILES string of the molecule is CCCCCCCc1cc(CNCC(O)O)c(O)c(CNCC(O)O)c1. The van der Waals surface area contributed by atoms with Crippen LogP contribution in [-0.4, -0.2) is 51.2 Å². The molecule has 0 spiro atoms. The number of hydrogen-bond donors (Lipinski definition) is 7. The number of rotatable bonds is 14. The first kappa shape index (κ1) is 22.8. The summed E-state index contributed by atoms with van der Waals surface area (Å²) < 4.78 is 0. The number of aliphatic hydroxyl groups is 4. The molecule has 0 radical (unpaired) electrons. The van der Waals surface area contributed by atoms with E-state index < -0.39 is 12.6 Å². The molecule has 0 aliphatic rings. The summed E-state index contributed by atoms with van der Waals surface area (Å²) in [4.78, 5) is 0. The number of aliphatic hydroxyl groups excluding tert-OH is 2. The van der Waals surface area contributed by atoms with Crippen LogP contribution in [0.3, 0.4) is 0 Å². The van der Waals surface area contributed by atoms with Crippen molar-refractivity contribution in [2.24, 2.45) is 0 Å². The highest BCUT2D eigenvalue weighted by atomic mass is 16.5. The topological polar surface area (TPSA) is 125 Å². The van der Waals surface area contributed by atoms with Gasteiger partial charge in [-0.05, 0) is 18.4 Å². The van der Waals surface area contributed by atoms with E-state index in [1.807, 2.05) is 12.1 Å². The van der Waals surface area contributed by atoms with Crippen molar-refractivity contribution in [3.63, 3.8) is 0 Å². The second kappa shape index (κ2) is 13.0. The predicted octanol–water partition coefficient (Wildman–Crippen LogP) is 0.706. The van der Waals surface area contributed by atoms with Crippen molar-refractivity contribution in [1.82, 2.24) is 10.6 Å². The molecule has 1 rings (SSSR count).